The van der Waals surface area contributed by atoms with Gasteiger partial charge in [-0.1, -0.05) is 6.07 Å². The Morgan fingerprint density at radius 3 is 2.71 bits per heavy atom. The Hall–Kier alpha value is -1.27. The lowest BCUT2D eigenvalue weighted by molar-refractivity contribution is -0.141. The summed E-state index contributed by atoms with van der Waals surface area (Å²) < 4.78 is 26.7. The number of aromatic nitrogens is 1. The molecule has 0 saturated heterocycles. The van der Waals surface area contributed by atoms with Gasteiger partial charge in [0, 0.05) is 25.2 Å². The van der Waals surface area contributed by atoms with Crippen molar-refractivity contribution in [1.82, 2.24) is 4.98 Å². The van der Waals surface area contributed by atoms with Gasteiger partial charge in [-0.05, 0) is 11.6 Å². The van der Waals surface area contributed by atoms with Gasteiger partial charge in [0.1, 0.15) is 6.04 Å². The van der Waals surface area contributed by atoms with E-state index in [9.17, 15) is 13.6 Å². The minimum Gasteiger partial charge on any atom is -0.480 e. The number of carbonyl (C=O) groups is 1. The van der Waals surface area contributed by atoms with Crippen LogP contribution in [0.4, 0.5) is 8.78 Å². The molecular formula is C10H13ClF2N2O2. The fourth-order valence-corrected chi connectivity index (χ4v) is 1.28. The van der Waals surface area contributed by atoms with Crippen molar-refractivity contribution in [1.29, 1.82) is 0 Å². The van der Waals surface area contributed by atoms with Crippen LogP contribution in [0.25, 0.3) is 0 Å². The van der Waals surface area contributed by atoms with Crippen LogP contribution in [0.5, 0.6) is 0 Å². The average molecular weight is 267 g/mol. The minimum absolute atomic E-state index is 0. The number of nitrogens with zero attached hydrogens (tertiary/aromatic N) is 1. The molecule has 7 heteroatoms. The number of aliphatic carboxylic acids is 1. The summed E-state index contributed by atoms with van der Waals surface area (Å²) in [5, 5.41) is 8.44. The Balaban J connectivity index is 0.00000256. The number of halogens is 3. The lowest BCUT2D eigenvalue weighted by atomic mass is 10.0. The highest BCUT2D eigenvalue weighted by atomic mass is 35.5. The van der Waals surface area contributed by atoms with Crippen molar-refractivity contribution in [2.45, 2.75) is 24.8 Å². The Kier molecular flexibility index (Phi) is 5.98. The maximum Gasteiger partial charge on any atom is 0.320 e. The Morgan fingerprint density at radius 2 is 2.24 bits per heavy atom. The third kappa shape index (κ3) is 5.55. The molecule has 1 aromatic rings. The molecule has 17 heavy (non-hydrogen) atoms. The van der Waals surface area contributed by atoms with Gasteiger partial charge in [0.25, 0.3) is 5.92 Å². The van der Waals surface area contributed by atoms with Gasteiger partial charge >= 0.3 is 5.97 Å². The van der Waals surface area contributed by atoms with E-state index in [1.54, 1.807) is 6.07 Å². The second-order valence-corrected chi connectivity index (χ2v) is 3.54. The van der Waals surface area contributed by atoms with Crippen LogP contribution in [0.1, 0.15) is 12.0 Å². The van der Waals surface area contributed by atoms with Gasteiger partial charge in [-0.3, -0.25) is 9.78 Å². The highest BCUT2D eigenvalue weighted by Crippen LogP contribution is 2.24. The van der Waals surface area contributed by atoms with Crippen LogP contribution >= 0.6 is 12.4 Å². The topological polar surface area (TPSA) is 76.2 Å². The summed E-state index contributed by atoms with van der Waals surface area (Å²) in [6.07, 6.45) is 1.36. The smallest absolute Gasteiger partial charge is 0.320 e. The quantitative estimate of drug-likeness (QED) is 0.846. The molecular weight excluding hydrogens is 254 g/mol. The van der Waals surface area contributed by atoms with Crippen LogP contribution in [0, 0.1) is 0 Å². The summed E-state index contributed by atoms with van der Waals surface area (Å²) in [7, 11) is 0. The first-order valence-corrected chi connectivity index (χ1v) is 4.66. The number of nitrogens with two attached hydrogens (primary N) is 1. The van der Waals surface area contributed by atoms with Gasteiger partial charge in [0.15, 0.2) is 0 Å². The van der Waals surface area contributed by atoms with Crippen LogP contribution in [0.2, 0.25) is 0 Å². The average Bonchev–Trinajstić information content (AvgIpc) is 2.17. The summed E-state index contributed by atoms with van der Waals surface area (Å²) in [4.78, 5) is 14.1. The second-order valence-electron chi connectivity index (χ2n) is 3.54. The molecule has 0 saturated carbocycles. The lowest BCUT2D eigenvalue weighted by Crippen LogP contribution is -2.37. The van der Waals surface area contributed by atoms with Crippen LogP contribution < -0.4 is 5.73 Å². The summed E-state index contributed by atoms with van der Waals surface area (Å²) in [6.45, 7) is 0. The molecule has 0 radical (unpaired) electrons. The first-order chi connectivity index (χ1) is 7.41. The molecule has 1 rings (SSSR count). The Morgan fingerprint density at radius 1 is 1.59 bits per heavy atom. The highest BCUT2D eigenvalue weighted by molar-refractivity contribution is 5.85. The number of carboxylic acid groups (broad SMARTS) is 1. The number of hydrogen-bond acceptors (Lipinski definition) is 3. The molecule has 96 valence electrons. The Labute approximate surface area is 103 Å². The van der Waals surface area contributed by atoms with E-state index in [1.165, 1.54) is 18.5 Å². The third-order valence-corrected chi connectivity index (χ3v) is 2.02. The third-order valence-electron chi connectivity index (χ3n) is 2.02. The number of pyridine rings is 1. The van der Waals surface area contributed by atoms with Crippen LogP contribution in [0.15, 0.2) is 24.5 Å². The van der Waals surface area contributed by atoms with Crippen molar-refractivity contribution in [3.63, 3.8) is 0 Å². The largest absolute Gasteiger partial charge is 0.480 e. The van der Waals surface area contributed by atoms with E-state index in [0.717, 1.165) is 0 Å². The van der Waals surface area contributed by atoms with Crippen LogP contribution in [-0.2, 0) is 11.2 Å². The van der Waals surface area contributed by atoms with E-state index < -0.39 is 30.8 Å². The maximum atomic E-state index is 13.3. The van der Waals surface area contributed by atoms with E-state index in [2.05, 4.69) is 4.98 Å². The predicted molar refractivity (Wildman–Crippen MR) is 60.4 cm³/mol. The molecule has 1 unspecified atom stereocenters. The first-order valence-electron chi connectivity index (χ1n) is 4.66. The molecule has 1 atom stereocenters. The van der Waals surface area contributed by atoms with Crippen LogP contribution in [-0.4, -0.2) is 28.0 Å². The second kappa shape index (κ2) is 6.46. The fraction of sp³-hybridized carbons (Fsp3) is 0.400. The Bertz CT molecular complexity index is 363. The molecule has 0 fully saturated rings. The van der Waals surface area contributed by atoms with Crippen molar-refractivity contribution < 1.29 is 18.7 Å². The number of alkyl halides is 2. The zero-order chi connectivity index (χ0) is 12.2. The first kappa shape index (κ1) is 15.7. The standard InChI is InChI=1S/C10H12F2N2O2.ClH/c11-10(12,5-8(13)9(15)16)4-7-2-1-3-14-6-7;/h1-3,6,8H,4-5,13H2,(H,15,16);1H. The van der Waals surface area contributed by atoms with Crippen molar-refractivity contribution in [3.05, 3.63) is 30.1 Å². The molecule has 1 heterocycles. The summed E-state index contributed by atoms with van der Waals surface area (Å²) >= 11 is 0. The number of hydrogen-bond donors (Lipinski definition) is 2. The predicted octanol–water partition coefficient (Wildman–Crippen LogP) is 1.48. The summed E-state index contributed by atoms with van der Waals surface area (Å²) in [5.74, 6) is -4.56. The van der Waals surface area contributed by atoms with E-state index in [1.807, 2.05) is 0 Å². The molecule has 0 spiro atoms. The lowest BCUT2D eigenvalue weighted by Gasteiger charge is -2.18. The van der Waals surface area contributed by atoms with Crippen molar-refractivity contribution in [2.24, 2.45) is 5.73 Å². The van der Waals surface area contributed by atoms with E-state index in [0.29, 0.717) is 5.56 Å². The number of rotatable bonds is 5. The fourth-order valence-electron chi connectivity index (χ4n) is 1.28. The van der Waals surface area contributed by atoms with Crippen molar-refractivity contribution in [3.8, 4) is 0 Å². The molecule has 0 amide bonds. The van der Waals surface area contributed by atoms with Gasteiger partial charge in [0.2, 0.25) is 0 Å². The molecule has 0 aromatic carbocycles. The van der Waals surface area contributed by atoms with Crippen molar-refractivity contribution >= 4 is 18.4 Å². The van der Waals surface area contributed by atoms with E-state index >= 15 is 0 Å². The van der Waals surface area contributed by atoms with Gasteiger partial charge in [0.05, 0.1) is 0 Å². The van der Waals surface area contributed by atoms with E-state index in [-0.39, 0.29) is 12.4 Å². The van der Waals surface area contributed by atoms with Gasteiger partial charge in [-0.2, -0.15) is 0 Å². The molecule has 3 N–H and O–H groups in total. The molecule has 0 aliphatic rings. The van der Waals surface area contributed by atoms with Crippen LogP contribution in [0.3, 0.4) is 0 Å². The van der Waals surface area contributed by atoms with Gasteiger partial charge < -0.3 is 10.8 Å². The molecule has 1 aromatic heterocycles. The molecule has 0 aliphatic heterocycles. The zero-order valence-corrected chi connectivity index (χ0v) is 9.66. The maximum absolute atomic E-state index is 13.3. The number of carboxylic acids is 1. The van der Waals surface area contributed by atoms with E-state index in [4.69, 9.17) is 10.8 Å². The highest BCUT2D eigenvalue weighted by Gasteiger charge is 2.34. The zero-order valence-electron chi connectivity index (χ0n) is 8.85. The van der Waals surface area contributed by atoms with Gasteiger partial charge in [-0.25, -0.2) is 8.78 Å². The monoisotopic (exact) mass is 266 g/mol. The summed E-state index contributed by atoms with van der Waals surface area (Å²) in [6, 6.07) is 1.50. The molecule has 0 bridgehead atoms. The normalized spacial score (nSPS) is 12.6. The molecule has 0 aliphatic carbocycles. The minimum atomic E-state index is -3.14. The van der Waals surface area contributed by atoms with Gasteiger partial charge in [-0.15, -0.1) is 12.4 Å². The van der Waals surface area contributed by atoms with Crippen molar-refractivity contribution in [2.75, 3.05) is 0 Å². The molecule has 4 nitrogen and oxygen atoms in total. The summed E-state index contributed by atoms with van der Waals surface area (Å²) in [5.41, 5.74) is 5.41. The SMILES string of the molecule is Cl.NC(CC(F)(F)Cc1cccnc1)C(=O)O.